The molecule has 0 aliphatic heterocycles. The standard InChI is InChI=1S/C25H20FNO2/c1-17-8-10-20(11-9-17)25-27-24(19-6-4-3-5-7-19)23(29-25)16-22(28-2)18-12-14-21(26)15-13-18/h3-16H,1-2H3. The monoisotopic (exact) mass is 385 g/mol. The predicted molar refractivity (Wildman–Crippen MR) is 113 cm³/mol. The number of oxazole rings is 1. The van der Waals surface area contributed by atoms with Gasteiger partial charge in [-0.2, -0.15) is 0 Å². The SMILES string of the molecule is COC(=Cc1oc(-c2ccc(C)cc2)nc1-c1ccccc1)c1ccc(F)cc1. The molecule has 0 saturated heterocycles. The van der Waals surface area contributed by atoms with Crippen LogP contribution in [0.1, 0.15) is 16.9 Å². The quantitative estimate of drug-likeness (QED) is 0.363. The molecule has 3 nitrogen and oxygen atoms in total. The molecule has 3 aromatic carbocycles. The topological polar surface area (TPSA) is 35.3 Å². The predicted octanol–water partition coefficient (Wildman–Crippen LogP) is 6.60. The summed E-state index contributed by atoms with van der Waals surface area (Å²) >= 11 is 0. The molecular weight excluding hydrogens is 365 g/mol. The minimum absolute atomic E-state index is 0.296. The van der Waals surface area contributed by atoms with E-state index in [1.807, 2.05) is 61.5 Å². The van der Waals surface area contributed by atoms with Gasteiger partial charge in [-0.15, -0.1) is 0 Å². The Hall–Kier alpha value is -3.66. The Balaban J connectivity index is 1.84. The Morgan fingerprint density at radius 3 is 2.24 bits per heavy atom. The van der Waals surface area contributed by atoms with Crippen molar-refractivity contribution in [2.24, 2.45) is 0 Å². The Kier molecular flexibility index (Phi) is 5.25. The lowest BCUT2D eigenvalue weighted by Crippen LogP contribution is -1.89. The maximum atomic E-state index is 13.3. The van der Waals surface area contributed by atoms with Crippen molar-refractivity contribution in [3.8, 4) is 22.7 Å². The number of hydrogen-bond donors (Lipinski definition) is 0. The number of ether oxygens (including phenoxy) is 1. The van der Waals surface area contributed by atoms with Crippen LogP contribution in [0.3, 0.4) is 0 Å². The Morgan fingerprint density at radius 2 is 1.59 bits per heavy atom. The van der Waals surface area contributed by atoms with Crippen LogP contribution in [-0.4, -0.2) is 12.1 Å². The lowest BCUT2D eigenvalue weighted by Gasteiger charge is -2.06. The van der Waals surface area contributed by atoms with Gasteiger partial charge in [0.05, 0.1) is 7.11 Å². The van der Waals surface area contributed by atoms with Crippen LogP contribution in [0.2, 0.25) is 0 Å². The van der Waals surface area contributed by atoms with Gasteiger partial charge in [-0.25, -0.2) is 9.37 Å². The van der Waals surface area contributed by atoms with Gasteiger partial charge in [0.1, 0.15) is 17.3 Å². The molecule has 0 amide bonds. The van der Waals surface area contributed by atoms with Crippen LogP contribution in [0, 0.1) is 12.7 Å². The van der Waals surface area contributed by atoms with Crippen molar-refractivity contribution in [1.29, 1.82) is 0 Å². The van der Waals surface area contributed by atoms with Crippen LogP contribution in [0.5, 0.6) is 0 Å². The normalized spacial score (nSPS) is 11.5. The molecule has 0 fully saturated rings. The van der Waals surface area contributed by atoms with Crippen LogP contribution in [-0.2, 0) is 4.74 Å². The lowest BCUT2D eigenvalue weighted by atomic mass is 10.1. The first-order valence-corrected chi connectivity index (χ1v) is 9.29. The van der Waals surface area contributed by atoms with E-state index < -0.39 is 0 Å². The highest BCUT2D eigenvalue weighted by molar-refractivity contribution is 5.82. The molecule has 1 heterocycles. The average Bonchev–Trinajstić information content (AvgIpc) is 3.18. The van der Waals surface area contributed by atoms with E-state index in [9.17, 15) is 4.39 Å². The molecule has 144 valence electrons. The van der Waals surface area contributed by atoms with Crippen molar-refractivity contribution in [2.75, 3.05) is 7.11 Å². The Labute approximate surface area is 169 Å². The first-order valence-electron chi connectivity index (χ1n) is 9.29. The fourth-order valence-electron chi connectivity index (χ4n) is 3.05. The Morgan fingerprint density at radius 1 is 0.897 bits per heavy atom. The molecule has 0 unspecified atom stereocenters. The second kappa shape index (κ2) is 8.15. The summed E-state index contributed by atoms with van der Waals surface area (Å²) in [5.74, 6) is 1.38. The van der Waals surface area contributed by atoms with E-state index in [0.29, 0.717) is 17.4 Å². The summed E-state index contributed by atoms with van der Waals surface area (Å²) in [6, 6.07) is 24.0. The molecule has 0 atom stereocenters. The van der Waals surface area contributed by atoms with Gasteiger partial charge in [0.15, 0.2) is 5.76 Å². The molecule has 1 aromatic heterocycles. The van der Waals surface area contributed by atoms with Crippen LogP contribution in [0.4, 0.5) is 4.39 Å². The maximum absolute atomic E-state index is 13.3. The summed E-state index contributed by atoms with van der Waals surface area (Å²) in [5.41, 5.74) is 4.48. The summed E-state index contributed by atoms with van der Waals surface area (Å²) in [7, 11) is 1.58. The van der Waals surface area contributed by atoms with Gasteiger partial charge in [-0.3, -0.25) is 0 Å². The number of methoxy groups -OCH3 is 1. The van der Waals surface area contributed by atoms with Crippen molar-refractivity contribution in [1.82, 2.24) is 4.98 Å². The summed E-state index contributed by atoms with van der Waals surface area (Å²) in [5, 5.41) is 0. The van der Waals surface area contributed by atoms with Crippen LogP contribution >= 0.6 is 0 Å². The van der Waals surface area contributed by atoms with Crippen molar-refractivity contribution in [3.63, 3.8) is 0 Å². The molecular formula is C25H20FNO2. The zero-order valence-electron chi connectivity index (χ0n) is 16.2. The van der Waals surface area contributed by atoms with Gasteiger partial charge in [0, 0.05) is 22.8 Å². The van der Waals surface area contributed by atoms with Crippen molar-refractivity contribution in [2.45, 2.75) is 6.92 Å². The van der Waals surface area contributed by atoms with E-state index >= 15 is 0 Å². The number of aryl methyl sites for hydroxylation is 1. The highest BCUT2D eigenvalue weighted by Gasteiger charge is 2.16. The Bertz CT molecular complexity index is 1130. The van der Waals surface area contributed by atoms with Gasteiger partial charge in [0.25, 0.3) is 0 Å². The number of aromatic nitrogens is 1. The number of nitrogens with zero attached hydrogens (tertiary/aromatic N) is 1. The number of rotatable bonds is 5. The molecule has 0 N–H and O–H groups in total. The molecule has 29 heavy (non-hydrogen) atoms. The second-order valence-electron chi connectivity index (χ2n) is 6.68. The fraction of sp³-hybridized carbons (Fsp3) is 0.0800. The van der Waals surface area contributed by atoms with E-state index in [4.69, 9.17) is 14.1 Å². The lowest BCUT2D eigenvalue weighted by molar-refractivity contribution is 0.372. The summed E-state index contributed by atoms with van der Waals surface area (Å²) < 4.78 is 25.0. The molecule has 0 radical (unpaired) electrons. The van der Waals surface area contributed by atoms with E-state index in [-0.39, 0.29) is 5.82 Å². The highest BCUT2D eigenvalue weighted by Crippen LogP contribution is 2.32. The van der Waals surface area contributed by atoms with E-state index in [1.54, 1.807) is 25.3 Å². The molecule has 0 bridgehead atoms. The molecule has 0 aliphatic rings. The first kappa shape index (κ1) is 18.7. The van der Waals surface area contributed by atoms with Gasteiger partial charge in [0.2, 0.25) is 5.89 Å². The minimum Gasteiger partial charge on any atom is -0.496 e. The first-order chi connectivity index (χ1) is 14.1. The zero-order valence-corrected chi connectivity index (χ0v) is 16.2. The van der Waals surface area contributed by atoms with Gasteiger partial charge in [-0.05, 0) is 43.3 Å². The third-order valence-corrected chi connectivity index (χ3v) is 4.61. The van der Waals surface area contributed by atoms with Gasteiger partial charge >= 0.3 is 0 Å². The number of halogens is 1. The van der Waals surface area contributed by atoms with E-state index in [1.165, 1.54) is 17.7 Å². The molecule has 0 spiro atoms. The highest BCUT2D eigenvalue weighted by atomic mass is 19.1. The van der Waals surface area contributed by atoms with Crippen LogP contribution in [0.15, 0.2) is 83.3 Å². The summed E-state index contributed by atoms with van der Waals surface area (Å²) in [6.07, 6.45) is 1.79. The van der Waals surface area contributed by atoms with Crippen LogP contribution in [0.25, 0.3) is 34.5 Å². The summed E-state index contributed by atoms with van der Waals surface area (Å²) in [6.45, 7) is 2.04. The minimum atomic E-state index is -0.296. The van der Waals surface area contributed by atoms with Gasteiger partial charge < -0.3 is 9.15 Å². The van der Waals surface area contributed by atoms with E-state index in [0.717, 1.165) is 22.4 Å². The maximum Gasteiger partial charge on any atom is 0.227 e. The van der Waals surface area contributed by atoms with Gasteiger partial charge in [-0.1, -0.05) is 48.0 Å². The van der Waals surface area contributed by atoms with Crippen molar-refractivity contribution < 1.29 is 13.5 Å². The number of benzene rings is 3. The molecule has 4 heteroatoms. The molecule has 0 aliphatic carbocycles. The second-order valence-corrected chi connectivity index (χ2v) is 6.68. The van der Waals surface area contributed by atoms with Crippen molar-refractivity contribution >= 4 is 11.8 Å². The fourth-order valence-corrected chi connectivity index (χ4v) is 3.05. The average molecular weight is 385 g/mol. The summed E-state index contributed by atoms with van der Waals surface area (Å²) in [4.78, 5) is 4.75. The van der Waals surface area contributed by atoms with Crippen molar-refractivity contribution in [3.05, 3.63) is 102 Å². The molecule has 4 rings (SSSR count). The zero-order chi connectivity index (χ0) is 20.2. The largest absolute Gasteiger partial charge is 0.496 e. The molecule has 0 saturated carbocycles. The third-order valence-electron chi connectivity index (χ3n) is 4.61. The molecule has 4 aromatic rings. The smallest absolute Gasteiger partial charge is 0.227 e. The van der Waals surface area contributed by atoms with Crippen LogP contribution < -0.4 is 0 Å². The third kappa shape index (κ3) is 4.11. The number of hydrogen-bond acceptors (Lipinski definition) is 3. The van der Waals surface area contributed by atoms with E-state index in [2.05, 4.69) is 0 Å².